The molecule has 1 aliphatic rings. The van der Waals surface area contributed by atoms with Crippen molar-refractivity contribution in [2.24, 2.45) is 7.05 Å². The van der Waals surface area contributed by atoms with Crippen LogP contribution in [0.25, 0.3) is 11.1 Å². The molecule has 1 saturated heterocycles. The van der Waals surface area contributed by atoms with E-state index >= 15 is 0 Å². The largest absolute Gasteiger partial charge is 0.347 e. The van der Waals surface area contributed by atoms with Crippen LogP contribution in [-0.4, -0.2) is 52.9 Å². The number of halogens is 1. The lowest BCUT2D eigenvalue weighted by Gasteiger charge is -2.25. The predicted molar refractivity (Wildman–Crippen MR) is 111 cm³/mol. The van der Waals surface area contributed by atoms with E-state index in [-0.39, 0.29) is 10.8 Å². The third kappa shape index (κ3) is 3.68. The molecule has 0 aliphatic carbocycles. The number of nitrogens with zero attached hydrogens (tertiary/aromatic N) is 6. The Hall–Kier alpha value is -2.85. The molecule has 3 heterocycles. The monoisotopic (exact) mass is 430 g/mol. The van der Waals surface area contributed by atoms with E-state index < -0.39 is 16.1 Å². The maximum atomic E-state index is 13.4. The van der Waals surface area contributed by atoms with Crippen LogP contribution in [0.3, 0.4) is 0 Å². The van der Waals surface area contributed by atoms with Crippen LogP contribution in [0.15, 0.2) is 48.0 Å². The quantitative estimate of drug-likeness (QED) is 0.619. The van der Waals surface area contributed by atoms with Gasteiger partial charge in [0.1, 0.15) is 5.82 Å². The van der Waals surface area contributed by atoms with Gasteiger partial charge in [0, 0.05) is 45.6 Å². The second kappa shape index (κ2) is 7.77. The van der Waals surface area contributed by atoms with Gasteiger partial charge in [-0.25, -0.2) is 27.8 Å². The molecule has 1 fully saturated rings. The molecule has 0 unspecified atom stereocenters. The fourth-order valence-electron chi connectivity index (χ4n) is 3.65. The van der Waals surface area contributed by atoms with Crippen molar-refractivity contribution in [3.05, 3.63) is 54.5 Å². The second-order valence-electron chi connectivity index (χ2n) is 7.52. The topological polar surface area (TPSA) is 84.2 Å². The molecule has 8 nitrogen and oxygen atoms in total. The number of rotatable bonds is 5. The van der Waals surface area contributed by atoms with Crippen molar-refractivity contribution in [3.63, 3.8) is 0 Å². The van der Waals surface area contributed by atoms with Gasteiger partial charge < -0.3 is 9.47 Å². The molecule has 4 rings (SSSR count). The van der Waals surface area contributed by atoms with Crippen LogP contribution in [0.1, 0.15) is 24.6 Å². The van der Waals surface area contributed by atoms with Crippen LogP contribution in [-0.2, 0) is 17.1 Å². The Bertz CT molecular complexity index is 1160. The van der Waals surface area contributed by atoms with Gasteiger partial charge in [-0.15, -0.1) is 0 Å². The first-order valence-corrected chi connectivity index (χ1v) is 11.0. The van der Waals surface area contributed by atoms with Gasteiger partial charge in [-0.2, -0.15) is 4.31 Å². The van der Waals surface area contributed by atoms with Crippen molar-refractivity contribution in [1.29, 1.82) is 0 Å². The first kappa shape index (κ1) is 20.4. The van der Waals surface area contributed by atoms with Gasteiger partial charge in [0.15, 0.2) is 5.03 Å². The number of benzene rings is 1. The first-order valence-electron chi connectivity index (χ1n) is 9.57. The van der Waals surface area contributed by atoms with E-state index in [2.05, 4.69) is 9.97 Å². The molecule has 0 N–H and O–H groups in total. The maximum absolute atomic E-state index is 13.4. The fraction of sp³-hybridized carbons (Fsp3) is 0.350. The highest BCUT2D eigenvalue weighted by Crippen LogP contribution is 2.39. The zero-order chi connectivity index (χ0) is 21.5. The summed E-state index contributed by atoms with van der Waals surface area (Å²) < 4.78 is 43.1. The molecule has 10 heteroatoms. The summed E-state index contributed by atoms with van der Waals surface area (Å²) in [5, 5.41) is 0.0159. The number of hydrogen-bond acceptors (Lipinski definition) is 6. The van der Waals surface area contributed by atoms with Gasteiger partial charge in [-0.05, 0) is 30.5 Å². The minimum absolute atomic E-state index is 0.0159. The molecular formula is C20H23FN6O2S. The number of hydrogen-bond donors (Lipinski definition) is 0. The standard InChI is InChI=1S/C20H23FN6O2S/c1-25(2)20-22-11-16(14-6-8-15(21)9-7-14)19(24-20)17-5-4-10-27(17)30(28,29)18-12-26(3)13-23-18/h6-9,11-13,17H,4-5,10H2,1-3H3/t17-/m0/s1. The predicted octanol–water partition coefficient (Wildman–Crippen LogP) is 2.61. The Kier molecular flexibility index (Phi) is 5.29. The number of aryl methyl sites for hydroxylation is 1. The van der Waals surface area contributed by atoms with E-state index in [1.54, 1.807) is 34.8 Å². The normalized spacial score (nSPS) is 17.4. The van der Waals surface area contributed by atoms with Gasteiger partial charge in [-0.1, -0.05) is 12.1 Å². The highest BCUT2D eigenvalue weighted by atomic mass is 32.2. The molecule has 0 bridgehead atoms. The number of anilines is 1. The van der Waals surface area contributed by atoms with E-state index in [0.717, 1.165) is 5.56 Å². The zero-order valence-electron chi connectivity index (χ0n) is 17.0. The average Bonchev–Trinajstić information content (AvgIpc) is 3.38. The van der Waals surface area contributed by atoms with Crippen LogP contribution in [0.2, 0.25) is 0 Å². The summed E-state index contributed by atoms with van der Waals surface area (Å²) >= 11 is 0. The zero-order valence-corrected chi connectivity index (χ0v) is 17.8. The second-order valence-corrected chi connectivity index (χ2v) is 9.36. The fourth-order valence-corrected chi connectivity index (χ4v) is 5.28. The molecule has 0 saturated carbocycles. The molecule has 0 amide bonds. The van der Waals surface area contributed by atoms with Gasteiger partial charge in [0.25, 0.3) is 10.0 Å². The van der Waals surface area contributed by atoms with Crippen molar-refractivity contribution in [1.82, 2.24) is 23.8 Å². The average molecular weight is 431 g/mol. The highest BCUT2D eigenvalue weighted by Gasteiger charge is 2.39. The molecule has 30 heavy (non-hydrogen) atoms. The summed E-state index contributed by atoms with van der Waals surface area (Å²) in [5.41, 5.74) is 2.03. The van der Waals surface area contributed by atoms with E-state index in [9.17, 15) is 12.8 Å². The first-order chi connectivity index (χ1) is 14.3. The lowest BCUT2D eigenvalue weighted by molar-refractivity contribution is 0.389. The third-order valence-corrected chi connectivity index (χ3v) is 6.93. The molecule has 2 aromatic heterocycles. The molecular weight excluding hydrogens is 407 g/mol. The lowest BCUT2D eigenvalue weighted by atomic mass is 10.0. The minimum Gasteiger partial charge on any atom is -0.347 e. The van der Waals surface area contributed by atoms with E-state index in [1.165, 1.54) is 29.0 Å². The van der Waals surface area contributed by atoms with E-state index in [0.29, 0.717) is 36.6 Å². The Morgan fingerprint density at radius 3 is 2.53 bits per heavy atom. The molecule has 1 aromatic carbocycles. The van der Waals surface area contributed by atoms with Crippen molar-refractivity contribution in [2.45, 2.75) is 23.9 Å². The summed E-state index contributed by atoms with van der Waals surface area (Å²) in [4.78, 5) is 14.9. The summed E-state index contributed by atoms with van der Waals surface area (Å²) in [6.07, 6.45) is 5.98. The Morgan fingerprint density at radius 2 is 1.90 bits per heavy atom. The number of aromatic nitrogens is 4. The van der Waals surface area contributed by atoms with Crippen LogP contribution < -0.4 is 4.90 Å². The van der Waals surface area contributed by atoms with Crippen LogP contribution in [0, 0.1) is 5.82 Å². The minimum atomic E-state index is -3.79. The van der Waals surface area contributed by atoms with Crippen LogP contribution in [0.5, 0.6) is 0 Å². The number of sulfonamides is 1. The van der Waals surface area contributed by atoms with Gasteiger partial charge >= 0.3 is 0 Å². The lowest BCUT2D eigenvalue weighted by Crippen LogP contribution is -2.32. The summed E-state index contributed by atoms with van der Waals surface area (Å²) in [6, 6.07) is 5.59. The molecule has 0 radical (unpaired) electrons. The molecule has 0 spiro atoms. The van der Waals surface area contributed by atoms with Gasteiger partial charge in [0.05, 0.1) is 18.1 Å². The summed E-state index contributed by atoms with van der Waals surface area (Å²) in [6.45, 7) is 0.383. The Balaban J connectivity index is 1.83. The van der Waals surface area contributed by atoms with Crippen molar-refractivity contribution < 1.29 is 12.8 Å². The van der Waals surface area contributed by atoms with Crippen LogP contribution in [0.4, 0.5) is 10.3 Å². The highest BCUT2D eigenvalue weighted by molar-refractivity contribution is 7.89. The Labute approximate surface area is 175 Å². The molecule has 158 valence electrons. The summed E-state index contributed by atoms with van der Waals surface area (Å²) in [5.74, 6) is 0.143. The van der Waals surface area contributed by atoms with E-state index in [4.69, 9.17) is 4.98 Å². The van der Waals surface area contributed by atoms with Crippen molar-refractivity contribution in [2.75, 3.05) is 25.5 Å². The van der Waals surface area contributed by atoms with Gasteiger partial charge in [0.2, 0.25) is 5.95 Å². The SMILES string of the molecule is CN(C)c1ncc(-c2ccc(F)cc2)c([C@@H]2CCCN2S(=O)(=O)c2cn(C)cn2)n1. The van der Waals surface area contributed by atoms with E-state index in [1.807, 2.05) is 14.1 Å². The van der Waals surface area contributed by atoms with Gasteiger partial charge in [-0.3, -0.25) is 0 Å². The smallest absolute Gasteiger partial charge is 0.262 e. The Morgan fingerprint density at radius 1 is 1.17 bits per heavy atom. The third-order valence-electron chi connectivity index (χ3n) is 5.13. The van der Waals surface area contributed by atoms with Crippen molar-refractivity contribution in [3.8, 4) is 11.1 Å². The molecule has 3 aromatic rings. The molecule has 1 aliphatic heterocycles. The number of imidazole rings is 1. The molecule has 1 atom stereocenters. The van der Waals surface area contributed by atoms with Crippen LogP contribution >= 0.6 is 0 Å². The van der Waals surface area contributed by atoms with Crippen molar-refractivity contribution >= 4 is 16.0 Å². The maximum Gasteiger partial charge on any atom is 0.262 e. The summed E-state index contributed by atoms with van der Waals surface area (Å²) in [7, 11) is 1.60.